The van der Waals surface area contributed by atoms with Gasteiger partial charge in [0, 0.05) is 10.6 Å². The molecule has 2 rings (SSSR count). The number of amides is 1. The third kappa shape index (κ3) is 6.51. The van der Waals surface area contributed by atoms with Crippen LogP contribution in [-0.2, 0) is 14.3 Å². The normalized spacial score (nSPS) is 10.2. The smallest absolute Gasteiger partial charge is 0.316 e. The van der Waals surface area contributed by atoms with Crippen molar-refractivity contribution in [2.45, 2.75) is 18.7 Å². The van der Waals surface area contributed by atoms with Crippen molar-refractivity contribution in [1.82, 2.24) is 0 Å². The summed E-state index contributed by atoms with van der Waals surface area (Å²) in [5.74, 6) is 0.113. The Morgan fingerprint density at radius 2 is 1.68 bits per heavy atom. The van der Waals surface area contributed by atoms with Gasteiger partial charge in [-0.25, -0.2) is 0 Å². The van der Waals surface area contributed by atoms with E-state index in [-0.39, 0.29) is 18.3 Å². The van der Waals surface area contributed by atoms with Crippen LogP contribution in [0.15, 0.2) is 47.4 Å². The number of hydrogen-bond donors (Lipinski definition) is 1. The van der Waals surface area contributed by atoms with Gasteiger partial charge in [-0.05, 0) is 61.4 Å². The minimum Gasteiger partial charge on any atom is -0.497 e. The van der Waals surface area contributed by atoms with Gasteiger partial charge in [0.25, 0.3) is 5.91 Å². The van der Waals surface area contributed by atoms with E-state index >= 15 is 0 Å². The molecule has 2 aromatic rings. The number of carbonyl (C=O) groups excluding carboxylic acids is 2. The van der Waals surface area contributed by atoms with Gasteiger partial charge in [0.1, 0.15) is 5.75 Å². The van der Waals surface area contributed by atoms with E-state index < -0.39 is 5.97 Å². The van der Waals surface area contributed by atoms with Crippen LogP contribution in [0.25, 0.3) is 0 Å². The molecule has 0 bridgehead atoms. The highest BCUT2D eigenvalue weighted by Gasteiger charge is 2.09. The molecule has 0 heterocycles. The second-order valence-corrected chi connectivity index (χ2v) is 6.60. The fraction of sp³-hybridized carbons (Fsp3) is 0.263. The molecule has 0 aliphatic rings. The van der Waals surface area contributed by atoms with Gasteiger partial charge in [0.15, 0.2) is 6.61 Å². The summed E-state index contributed by atoms with van der Waals surface area (Å²) < 4.78 is 10.1. The topological polar surface area (TPSA) is 64.6 Å². The van der Waals surface area contributed by atoms with Crippen LogP contribution in [0.5, 0.6) is 5.75 Å². The van der Waals surface area contributed by atoms with E-state index in [1.807, 2.05) is 56.3 Å². The lowest BCUT2D eigenvalue weighted by molar-refractivity contribution is -0.144. The Hall–Kier alpha value is -2.47. The molecule has 5 nitrogen and oxygen atoms in total. The van der Waals surface area contributed by atoms with Crippen molar-refractivity contribution < 1.29 is 19.1 Å². The molecule has 0 aliphatic heterocycles. The van der Waals surface area contributed by atoms with Gasteiger partial charge in [-0.15, -0.1) is 11.8 Å². The van der Waals surface area contributed by atoms with E-state index in [0.29, 0.717) is 5.69 Å². The van der Waals surface area contributed by atoms with Crippen molar-refractivity contribution in [1.29, 1.82) is 0 Å². The first-order chi connectivity index (χ1) is 12.0. The summed E-state index contributed by atoms with van der Waals surface area (Å²) in [7, 11) is 1.60. The minimum absolute atomic E-state index is 0.142. The lowest BCUT2D eigenvalue weighted by atomic mass is 10.1. The van der Waals surface area contributed by atoms with Gasteiger partial charge in [0.05, 0.1) is 12.9 Å². The molecule has 132 valence electrons. The number of anilines is 1. The Morgan fingerprint density at radius 3 is 2.28 bits per heavy atom. The summed E-state index contributed by atoms with van der Waals surface area (Å²) in [6.45, 7) is 3.62. The molecule has 25 heavy (non-hydrogen) atoms. The summed E-state index contributed by atoms with van der Waals surface area (Å²) in [5, 5.41) is 2.73. The number of thioether (sulfide) groups is 1. The maximum Gasteiger partial charge on any atom is 0.316 e. The molecular weight excluding hydrogens is 338 g/mol. The molecule has 6 heteroatoms. The molecular formula is C19H21NO4S. The maximum absolute atomic E-state index is 11.9. The van der Waals surface area contributed by atoms with Crippen molar-refractivity contribution in [2.75, 3.05) is 24.8 Å². The van der Waals surface area contributed by atoms with Gasteiger partial charge in [0.2, 0.25) is 0 Å². The predicted molar refractivity (Wildman–Crippen MR) is 99.2 cm³/mol. The van der Waals surface area contributed by atoms with Crippen LogP contribution >= 0.6 is 11.8 Å². The minimum atomic E-state index is -0.434. The van der Waals surface area contributed by atoms with Gasteiger partial charge >= 0.3 is 5.97 Å². The molecule has 1 N–H and O–H groups in total. The molecule has 0 spiro atoms. The zero-order valence-electron chi connectivity index (χ0n) is 14.5. The average molecular weight is 359 g/mol. The van der Waals surface area contributed by atoms with Crippen molar-refractivity contribution in [2.24, 2.45) is 0 Å². The quantitative estimate of drug-likeness (QED) is 0.605. The van der Waals surface area contributed by atoms with Gasteiger partial charge in [-0.1, -0.05) is 6.07 Å². The van der Waals surface area contributed by atoms with Crippen LogP contribution in [-0.4, -0.2) is 31.3 Å². The summed E-state index contributed by atoms with van der Waals surface area (Å²) in [4.78, 5) is 24.6. The van der Waals surface area contributed by atoms with Crippen LogP contribution in [0.3, 0.4) is 0 Å². The van der Waals surface area contributed by atoms with E-state index in [2.05, 4.69) is 5.32 Å². The van der Waals surface area contributed by atoms with E-state index in [1.165, 1.54) is 11.8 Å². The first kappa shape index (κ1) is 18.9. The van der Waals surface area contributed by atoms with Crippen LogP contribution in [0.4, 0.5) is 5.69 Å². The number of aryl methyl sites for hydroxylation is 2. The second kappa shape index (κ2) is 9.13. The van der Waals surface area contributed by atoms with Crippen LogP contribution in [0.2, 0.25) is 0 Å². The first-order valence-electron chi connectivity index (χ1n) is 7.77. The van der Waals surface area contributed by atoms with Crippen molar-refractivity contribution in [3.63, 3.8) is 0 Å². The molecule has 2 aromatic carbocycles. The molecule has 1 amide bonds. The third-order valence-corrected chi connectivity index (χ3v) is 4.27. The second-order valence-electron chi connectivity index (χ2n) is 5.55. The summed E-state index contributed by atoms with van der Waals surface area (Å²) >= 11 is 1.35. The van der Waals surface area contributed by atoms with E-state index in [1.54, 1.807) is 7.11 Å². The Kier molecular flexibility index (Phi) is 6.89. The first-order valence-corrected chi connectivity index (χ1v) is 8.75. The van der Waals surface area contributed by atoms with Gasteiger partial charge < -0.3 is 14.8 Å². The standard InChI is InChI=1S/C19H21NO4S/c1-13-8-14(2)10-15(9-13)20-18(21)11-24-19(22)12-25-17-6-4-16(23-3)5-7-17/h4-10H,11-12H2,1-3H3,(H,20,21). The summed E-state index contributed by atoms with van der Waals surface area (Å²) in [5.41, 5.74) is 2.82. The lowest BCUT2D eigenvalue weighted by Gasteiger charge is -2.08. The van der Waals surface area contributed by atoms with Crippen LogP contribution in [0.1, 0.15) is 11.1 Å². The van der Waals surface area contributed by atoms with Crippen molar-refractivity contribution >= 4 is 29.3 Å². The Balaban J connectivity index is 1.74. The SMILES string of the molecule is COc1ccc(SCC(=O)OCC(=O)Nc2cc(C)cc(C)c2)cc1. The zero-order valence-corrected chi connectivity index (χ0v) is 15.3. The third-order valence-electron chi connectivity index (χ3n) is 3.29. The molecule has 0 aliphatic carbocycles. The van der Waals surface area contributed by atoms with Crippen molar-refractivity contribution in [3.05, 3.63) is 53.6 Å². The highest BCUT2D eigenvalue weighted by molar-refractivity contribution is 8.00. The van der Waals surface area contributed by atoms with E-state index in [4.69, 9.17) is 9.47 Å². The highest BCUT2D eigenvalue weighted by atomic mass is 32.2. The molecule has 0 radical (unpaired) electrons. The number of hydrogen-bond acceptors (Lipinski definition) is 5. The molecule has 0 fully saturated rings. The molecule has 0 saturated carbocycles. The number of benzene rings is 2. The number of ether oxygens (including phenoxy) is 2. The number of carbonyl (C=O) groups is 2. The lowest BCUT2D eigenvalue weighted by Crippen LogP contribution is -2.21. The Morgan fingerprint density at radius 1 is 1.04 bits per heavy atom. The molecule has 0 unspecified atom stereocenters. The molecule has 0 aromatic heterocycles. The summed E-state index contributed by atoms with van der Waals surface area (Å²) in [6, 6.07) is 13.1. The Labute approximate surface area is 151 Å². The molecule has 0 saturated heterocycles. The van der Waals surface area contributed by atoms with Crippen LogP contribution in [0, 0.1) is 13.8 Å². The van der Waals surface area contributed by atoms with Gasteiger partial charge in [-0.3, -0.25) is 9.59 Å². The highest BCUT2D eigenvalue weighted by Crippen LogP contribution is 2.21. The largest absolute Gasteiger partial charge is 0.497 e. The average Bonchev–Trinajstić information content (AvgIpc) is 2.57. The molecule has 0 atom stereocenters. The number of esters is 1. The fourth-order valence-corrected chi connectivity index (χ4v) is 2.94. The van der Waals surface area contributed by atoms with Crippen molar-refractivity contribution in [3.8, 4) is 5.75 Å². The maximum atomic E-state index is 11.9. The van der Waals surface area contributed by atoms with Gasteiger partial charge in [-0.2, -0.15) is 0 Å². The van der Waals surface area contributed by atoms with E-state index in [9.17, 15) is 9.59 Å². The number of nitrogens with one attached hydrogen (secondary N) is 1. The zero-order chi connectivity index (χ0) is 18.2. The predicted octanol–water partition coefficient (Wildman–Crippen LogP) is 3.59. The Bertz CT molecular complexity index is 723. The fourth-order valence-electron chi connectivity index (χ4n) is 2.25. The van der Waals surface area contributed by atoms with Crippen LogP contribution < -0.4 is 10.1 Å². The summed E-state index contributed by atoms with van der Waals surface area (Å²) in [6.07, 6.45) is 0. The van der Waals surface area contributed by atoms with E-state index in [0.717, 1.165) is 21.8 Å². The number of methoxy groups -OCH3 is 1. The monoisotopic (exact) mass is 359 g/mol. The number of rotatable bonds is 7.